The maximum atomic E-state index is 10.8. The van der Waals surface area contributed by atoms with Crippen LogP contribution in [-0.4, -0.2) is 20.9 Å². The van der Waals surface area contributed by atoms with Crippen molar-refractivity contribution in [1.29, 1.82) is 0 Å². The molecule has 0 amide bonds. The summed E-state index contributed by atoms with van der Waals surface area (Å²) in [5, 5.41) is 0. The number of carbonyl (C=O) groups excluding carboxylic acids is 1. The standard InChI is InChI=1S/C19H15AsO/c21-15-16-11-13-19(14-12-16)20(17-7-3-1-4-8-17)18-9-5-2-6-10-18/h1-15H. The molecule has 0 unspecified atom stereocenters. The first kappa shape index (κ1) is 13.9. The normalized spacial score (nSPS) is 10.5. The van der Waals surface area contributed by atoms with Gasteiger partial charge in [-0.15, -0.1) is 0 Å². The Labute approximate surface area is 129 Å². The van der Waals surface area contributed by atoms with Crippen LogP contribution in [0.4, 0.5) is 0 Å². The molecule has 0 saturated carbocycles. The Morgan fingerprint density at radius 2 is 1.00 bits per heavy atom. The SMILES string of the molecule is O=Cc1ccc([As](c2ccccc2)c2ccccc2)cc1. The van der Waals surface area contributed by atoms with Crippen LogP contribution in [0.5, 0.6) is 0 Å². The fourth-order valence-electron chi connectivity index (χ4n) is 2.30. The van der Waals surface area contributed by atoms with Crippen LogP contribution in [0, 0.1) is 0 Å². The summed E-state index contributed by atoms with van der Waals surface area (Å²) in [6, 6.07) is 29.4. The van der Waals surface area contributed by atoms with E-state index in [0.29, 0.717) is 0 Å². The van der Waals surface area contributed by atoms with Gasteiger partial charge in [-0.3, -0.25) is 0 Å². The van der Waals surface area contributed by atoms with Crippen LogP contribution in [0.15, 0.2) is 84.9 Å². The molecule has 0 aliphatic heterocycles. The van der Waals surface area contributed by atoms with Crippen molar-refractivity contribution < 1.29 is 4.79 Å². The molecule has 0 spiro atoms. The Kier molecular flexibility index (Phi) is 4.33. The molecule has 0 fully saturated rings. The van der Waals surface area contributed by atoms with Gasteiger partial charge in [0.2, 0.25) is 0 Å². The van der Waals surface area contributed by atoms with Crippen molar-refractivity contribution in [3.05, 3.63) is 90.5 Å². The van der Waals surface area contributed by atoms with Gasteiger partial charge in [-0.25, -0.2) is 0 Å². The monoisotopic (exact) mass is 334 g/mol. The summed E-state index contributed by atoms with van der Waals surface area (Å²) < 4.78 is 4.13. The van der Waals surface area contributed by atoms with E-state index in [1.54, 1.807) is 0 Å². The van der Waals surface area contributed by atoms with E-state index in [-0.39, 0.29) is 0 Å². The minimum absolute atomic E-state index is 0.730. The molecular weight excluding hydrogens is 319 g/mol. The third-order valence-corrected chi connectivity index (χ3v) is 8.44. The summed E-state index contributed by atoms with van der Waals surface area (Å²) in [4.78, 5) is 10.8. The van der Waals surface area contributed by atoms with Crippen LogP contribution in [0.3, 0.4) is 0 Å². The van der Waals surface area contributed by atoms with E-state index in [2.05, 4.69) is 72.8 Å². The molecule has 0 N–H and O–H groups in total. The summed E-state index contributed by atoms with van der Waals surface area (Å²) in [5.74, 6) is 0. The van der Waals surface area contributed by atoms with Gasteiger partial charge in [0.1, 0.15) is 0 Å². The van der Waals surface area contributed by atoms with Crippen molar-refractivity contribution in [3.8, 4) is 0 Å². The zero-order valence-electron chi connectivity index (χ0n) is 11.5. The van der Waals surface area contributed by atoms with Gasteiger partial charge in [0, 0.05) is 0 Å². The molecule has 3 rings (SSSR count). The molecule has 21 heavy (non-hydrogen) atoms. The van der Waals surface area contributed by atoms with E-state index in [1.807, 2.05) is 12.1 Å². The van der Waals surface area contributed by atoms with Crippen LogP contribution in [0.25, 0.3) is 0 Å². The molecule has 0 aromatic heterocycles. The average Bonchev–Trinajstić information content (AvgIpc) is 2.58. The predicted octanol–water partition coefficient (Wildman–Crippen LogP) is 2.02. The van der Waals surface area contributed by atoms with Gasteiger partial charge in [0.25, 0.3) is 0 Å². The number of benzene rings is 3. The van der Waals surface area contributed by atoms with Gasteiger partial charge in [-0.2, -0.15) is 0 Å². The fraction of sp³-hybridized carbons (Fsp3) is 0. The van der Waals surface area contributed by atoms with Gasteiger partial charge in [0.05, 0.1) is 0 Å². The average molecular weight is 334 g/mol. The molecule has 3 aromatic rings. The van der Waals surface area contributed by atoms with Gasteiger partial charge in [0.15, 0.2) is 0 Å². The van der Waals surface area contributed by atoms with Crippen LogP contribution < -0.4 is 13.1 Å². The first-order valence-electron chi connectivity index (χ1n) is 6.84. The molecule has 0 bridgehead atoms. The number of rotatable bonds is 4. The fourth-order valence-corrected chi connectivity index (χ4v) is 7.09. The van der Waals surface area contributed by atoms with Gasteiger partial charge in [-0.05, 0) is 0 Å². The molecule has 0 aliphatic carbocycles. The second-order valence-corrected chi connectivity index (χ2v) is 9.37. The minimum atomic E-state index is -1.54. The van der Waals surface area contributed by atoms with Gasteiger partial charge >= 0.3 is 129 Å². The second-order valence-electron chi connectivity index (χ2n) is 4.72. The van der Waals surface area contributed by atoms with Gasteiger partial charge < -0.3 is 0 Å². The van der Waals surface area contributed by atoms with Gasteiger partial charge in [-0.1, -0.05) is 0 Å². The van der Waals surface area contributed by atoms with Crippen LogP contribution in [-0.2, 0) is 0 Å². The topological polar surface area (TPSA) is 17.1 Å². The van der Waals surface area contributed by atoms with Crippen molar-refractivity contribution in [3.63, 3.8) is 0 Å². The third kappa shape index (κ3) is 3.15. The number of hydrogen-bond donors (Lipinski definition) is 0. The Bertz CT molecular complexity index is 666. The Morgan fingerprint density at radius 1 is 0.571 bits per heavy atom. The van der Waals surface area contributed by atoms with Crippen molar-refractivity contribution in [1.82, 2.24) is 0 Å². The molecule has 0 saturated heterocycles. The first-order valence-corrected chi connectivity index (χ1v) is 9.65. The maximum absolute atomic E-state index is 10.8. The van der Waals surface area contributed by atoms with Crippen LogP contribution in [0.1, 0.15) is 10.4 Å². The Hall–Kier alpha value is -2.11. The molecule has 0 heterocycles. The number of hydrogen-bond acceptors (Lipinski definition) is 1. The van der Waals surface area contributed by atoms with E-state index in [4.69, 9.17) is 0 Å². The van der Waals surface area contributed by atoms with E-state index in [1.165, 1.54) is 13.1 Å². The summed E-state index contributed by atoms with van der Waals surface area (Å²) in [6.07, 6.45) is 0.895. The van der Waals surface area contributed by atoms with Crippen molar-refractivity contribution in [2.45, 2.75) is 0 Å². The predicted molar refractivity (Wildman–Crippen MR) is 89.4 cm³/mol. The molecule has 0 atom stereocenters. The number of aldehydes is 1. The Morgan fingerprint density at radius 3 is 1.43 bits per heavy atom. The van der Waals surface area contributed by atoms with E-state index in [0.717, 1.165) is 11.8 Å². The Balaban J connectivity index is 2.09. The quantitative estimate of drug-likeness (QED) is 0.527. The molecule has 102 valence electrons. The first-order chi connectivity index (χ1) is 10.4. The van der Waals surface area contributed by atoms with E-state index < -0.39 is 14.7 Å². The molecule has 1 nitrogen and oxygen atoms in total. The number of carbonyl (C=O) groups is 1. The zero-order valence-corrected chi connectivity index (χ0v) is 13.4. The summed E-state index contributed by atoms with van der Waals surface area (Å²) in [5.41, 5.74) is 0.730. The zero-order chi connectivity index (χ0) is 14.5. The molecule has 0 aliphatic rings. The third-order valence-electron chi connectivity index (χ3n) is 3.32. The van der Waals surface area contributed by atoms with E-state index in [9.17, 15) is 4.79 Å². The molecule has 2 heteroatoms. The molecular formula is C19H15AsO. The summed E-state index contributed by atoms with van der Waals surface area (Å²) in [6.45, 7) is 0. The van der Waals surface area contributed by atoms with Crippen LogP contribution in [0.2, 0.25) is 0 Å². The van der Waals surface area contributed by atoms with Crippen molar-refractivity contribution in [2.24, 2.45) is 0 Å². The summed E-state index contributed by atoms with van der Waals surface area (Å²) in [7, 11) is 0. The second kappa shape index (κ2) is 6.56. The van der Waals surface area contributed by atoms with Crippen molar-refractivity contribution >= 4 is 34.0 Å². The summed E-state index contributed by atoms with van der Waals surface area (Å²) >= 11 is -1.54. The van der Waals surface area contributed by atoms with Crippen molar-refractivity contribution in [2.75, 3.05) is 0 Å². The van der Waals surface area contributed by atoms with E-state index >= 15 is 0 Å². The molecule has 0 radical (unpaired) electrons. The molecule has 3 aromatic carbocycles. The van der Waals surface area contributed by atoms with Crippen LogP contribution >= 0.6 is 0 Å².